The molecule has 1 heterocycles. The fourth-order valence-electron chi connectivity index (χ4n) is 4.06. The van der Waals surface area contributed by atoms with E-state index in [2.05, 4.69) is 0 Å². The molecule has 0 radical (unpaired) electrons. The number of carbonyl (C=O) groups is 1. The number of amides is 1. The Balaban J connectivity index is 1.70. The van der Waals surface area contributed by atoms with E-state index in [1.165, 1.54) is 0 Å². The van der Waals surface area contributed by atoms with Gasteiger partial charge >= 0.3 is 0 Å². The van der Waals surface area contributed by atoms with Crippen molar-refractivity contribution in [3.63, 3.8) is 0 Å². The minimum Gasteiger partial charge on any atom is -0.491 e. The van der Waals surface area contributed by atoms with Crippen molar-refractivity contribution in [3.05, 3.63) is 24.3 Å². The summed E-state index contributed by atoms with van der Waals surface area (Å²) in [5, 5.41) is 10.5. The van der Waals surface area contributed by atoms with E-state index < -0.39 is 5.60 Å². The lowest BCUT2D eigenvalue weighted by atomic mass is 9.67. The average Bonchev–Trinajstić information content (AvgIpc) is 2.88. The lowest BCUT2D eigenvalue weighted by molar-refractivity contribution is -0.130. The molecule has 132 valence electrons. The van der Waals surface area contributed by atoms with Crippen LogP contribution in [-0.4, -0.2) is 29.3 Å². The van der Waals surface area contributed by atoms with E-state index in [0.717, 1.165) is 56.5 Å². The van der Waals surface area contributed by atoms with Crippen molar-refractivity contribution in [2.75, 3.05) is 11.4 Å². The van der Waals surface area contributed by atoms with E-state index in [-0.39, 0.29) is 17.4 Å². The van der Waals surface area contributed by atoms with Crippen LogP contribution in [0.15, 0.2) is 24.3 Å². The molecule has 0 unspecified atom stereocenters. The van der Waals surface area contributed by atoms with E-state index in [0.29, 0.717) is 0 Å². The Labute approximate surface area is 144 Å². The Morgan fingerprint density at radius 2 is 1.75 bits per heavy atom. The van der Waals surface area contributed by atoms with Gasteiger partial charge in [-0.1, -0.05) is 6.92 Å². The molecular weight excluding hydrogens is 302 g/mol. The maximum absolute atomic E-state index is 13.1. The van der Waals surface area contributed by atoms with Gasteiger partial charge in [0.2, 0.25) is 5.91 Å². The molecule has 1 aromatic carbocycles. The lowest BCUT2D eigenvalue weighted by Crippen LogP contribution is -2.43. The van der Waals surface area contributed by atoms with Gasteiger partial charge in [-0.05, 0) is 76.6 Å². The molecule has 2 aliphatic rings. The van der Waals surface area contributed by atoms with Crippen LogP contribution in [0.4, 0.5) is 5.69 Å². The number of ether oxygens (including phenoxy) is 1. The molecule has 0 aromatic heterocycles. The van der Waals surface area contributed by atoms with Crippen molar-refractivity contribution < 1.29 is 14.6 Å². The minimum atomic E-state index is -0.561. The summed E-state index contributed by atoms with van der Waals surface area (Å²) < 4.78 is 5.67. The van der Waals surface area contributed by atoms with Gasteiger partial charge in [-0.25, -0.2) is 0 Å². The second kappa shape index (κ2) is 6.40. The van der Waals surface area contributed by atoms with Crippen LogP contribution in [0, 0.1) is 5.41 Å². The first-order chi connectivity index (χ1) is 11.4. The summed E-state index contributed by atoms with van der Waals surface area (Å²) >= 11 is 0. The van der Waals surface area contributed by atoms with Crippen LogP contribution < -0.4 is 9.64 Å². The zero-order valence-corrected chi connectivity index (χ0v) is 15.0. The molecule has 1 saturated carbocycles. The van der Waals surface area contributed by atoms with E-state index in [4.69, 9.17) is 4.74 Å². The zero-order valence-electron chi connectivity index (χ0n) is 15.0. The normalized spacial score (nSPS) is 30.4. The summed E-state index contributed by atoms with van der Waals surface area (Å²) in [6.45, 7) is 6.81. The highest BCUT2D eigenvalue weighted by molar-refractivity contribution is 6.00. The van der Waals surface area contributed by atoms with Gasteiger partial charge in [0.1, 0.15) is 5.75 Å². The zero-order chi connectivity index (χ0) is 17.4. The fourth-order valence-corrected chi connectivity index (χ4v) is 4.06. The predicted molar refractivity (Wildman–Crippen MR) is 95.3 cm³/mol. The maximum atomic E-state index is 13.1. The van der Waals surface area contributed by atoms with Gasteiger partial charge in [0, 0.05) is 12.2 Å². The summed E-state index contributed by atoms with van der Waals surface area (Å²) in [6.07, 6.45) is 4.91. The van der Waals surface area contributed by atoms with Gasteiger partial charge in [0.25, 0.3) is 0 Å². The van der Waals surface area contributed by atoms with Crippen molar-refractivity contribution in [2.45, 2.75) is 71.0 Å². The standard InChI is InChI=1S/C20H29NO3/c1-4-20(23)11-9-19(10-12-20)13-14-21(18(19)22)16-5-7-17(8-6-16)24-15(2)3/h5-8,15,23H,4,9-14H2,1-3H3/t19-,20+. The molecule has 1 aliphatic carbocycles. The summed E-state index contributed by atoms with van der Waals surface area (Å²) in [5.74, 6) is 1.07. The first-order valence-corrected chi connectivity index (χ1v) is 9.19. The molecule has 0 bridgehead atoms. The van der Waals surface area contributed by atoms with Crippen LogP contribution >= 0.6 is 0 Å². The Kier molecular flexibility index (Phi) is 4.60. The van der Waals surface area contributed by atoms with Crippen LogP contribution in [0.25, 0.3) is 0 Å². The number of nitrogens with zero attached hydrogens (tertiary/aromatic N) is 1. The van der Waals surface area contributed by atoms with Gasteiger partial charge < -0.3 is 14.7 Å². The topological polar surface area (TPSA) is 49.8 Å². The molecule has 1 amide bonds. The van der Waals surface area contributed by atoms with Crippen LogP contribution in [-0.2, 0) is 4.79 Å². The van der Waals surface area contributed by atoms with Gasteiger partial charge in [-0.2, -0.15) is 0 Å². The number of aliphatic hydroxyl groups is 1. The Hall–Kier alpha value is -1.55. The third-order valence-corrected chi connectivity index (χ3v) is 5.83. The van der Waals surface area contributed by atoms with Gasteiger partial charge in [-0.3, -0.25) is 4.79 Å². The van der Waals surface area contributed by atoms with Crippen molar-refractivity contribution >= 4 is 11.6 Å². The molecule has 1 N–H and O–H groups in total. The highest BCUT2D eigenvalue weighted by Gasteiger charge is 2.51. The van der Waals surface area contributed by atoms with Crippen LogP contribution in [0.1, 0.15) is 59.3 Å². The third-order valence-electron chi connectivity index (χ3n) is 5.83. The van der Waals surface area contributed by atoms with Crippen molar-refractivity contribution in [1.29, 1.82) is 0 Å². The monoisotopic (exact) mass is 331 g/mol. The Morgan fingerprint density at radius 3 is 2.29 bits per heavy atom. The smallest absolute Gasteiger partial charge is 0.233 e. The summed E-state index contributed by atoms with van der Waals surface area (Å²) in [7, 11) is 0. The van der Waals surface area contributed by atoms with E-state index >= 15 is 0 Å². The van der Waals surface area contributed by atoms with Crippen molar-refractivity contribution in [2.24, 2.45) is 5.41 Å². The highest BCUT2D eigenvalue weighted by Crippen LogP contribution is 2.49. The van der Waals surface area contributed by atoms with Gasteiger partial charge in [0.05, 0.1) is 17.1 Å². The van der Waals surface area contributed by atoms with Crippen molar-refractivity contribution in [3.8, 4) is 5.75 Å². The highest BCUT2D eigenvalue weighted by atomic mass is 16.5. The molecule has 0 atom stereocenters. The number of hydrogen-bond acceptors (Lipinski definition) is 3. The Bertz CT molecular complexity index is 585. The molecular formula is C20H29NO3. The largest absolute Gasteiger partial charge is 0.491 e. The van der Waals surface area contributed by atoms with Crippen LogP contribution in [0.2, 0.25) is 0 Å². The summed E-state index contributed by atoms with van der Waals surface area (Å²) in [5.41, 5.74) is 0.132. The minimum absolute atomic E-state index is 0.145. The number of anilines is 1. The lowest BCUT2D eigenvalue weighted by Gasteiger charge is -2.40. The average molecular weight is 331 g/mol. The second-order valence-electron chi connectivity index (χ2n) is 7.73. The maximum Gasteiger partial charge on any atom is 0.233 e. The predicted octanol–water partition coefficient (Wildman–Crippen LogP) is 3.91. The van der Waals surface area contributed by atoms with E-state index in [1.807, 2.05) is 49.9 Å². The van der Waals surface area contributed by atoms with Crippen LogP contribution in [0.5, 0.6) is 5.75 Å². The molecule has 1 saturated heterocycles. The SMILES string of the molecule is CC[C@]1(O)CC[C@]2(CCN(c3ccc(OC(C)C)cc3)C2=O)CC1. The van der Waals surface area contributed by atoms with E-state index in [1.54, 1.807) is 0 Å². The number of hydrogen-bond donors (Lipinski definition) is 1. The molecule has 2 fully saturated rings. The quantitative estimate of drug-likeness (QED) is 0.910. The third kappa shape index (κ3) is 3.16. The fraction of sp³-hybridized carbons (Fsp3) is 0.650. The second-order valence-corrected chi connectivity index (χ2v) is 7.73. The first-order valence-electron chi connectivity index (χ1n) is 9.19. The van der Waals surface area contributed by atoms with Gasteiger partial charge in [-0.15, -0.1) is 0 Å². The first kappa shape index (κ1) is 17.3. The number of rotatable bonds is 4. The Morgan fingerprint density at radius 1 is 1.12 bits per heavy atom. The van der Waals surface area contributed by atoms with Crippen molar-refractivity contribution in [1.82, 2.24) is 0 Å². The summed E-state index contributed by atoms with van der Waals surface area (Å²) in [4.78, 5) is 15.0. The molecule has 1 spiro atoms. The molecule has 1 aliphatic heterocycles. The molecule has 3 rings (SSSR count). The van der Waals surface area contributed by atoms with Gasteiger partial charge in [0.15, 0.2) is 0 Å². The molecule has 24 heavy (non-hydrogen) atoms. The summed E-state index contributed by atoms with van der Waals surface area (Å²) in [6, 6.07) is 7.81. The van der Waals surface area contributed by atoms with E-state index in [9.17, 15) is 9.90 Å². The molecule has 1 aromatic rings. The van der Waals surface area contributed by atoms with Crippen LogP contribution in [0.3, 0.4) is 0 Å². The molecule has 4 heteroatoms. The number of benzene rings is 1. The number of carbonyl (C=O) groups excluding carboxylic acids is 1. The molecule has 4 nitrogen and oxygen atoms in total.